The lowest BCUT2D eigenvalue weighted by atomic mass is 10.1. The van der Waals surface area contributed by atoms with Crippen LogP contribution in [0.2, 0.25) is 0 Å². The molecular weight excluding hydrogens is 453 g/mol. The largest absolute Gasteiger partial charge is 0.325 e. The van der Waals surface area contributed by atoms with Crippen LogP contribution >= 0.6 is 27.7 Å². The average Bonchev–Trinajstić information content (AvgIpc) is 2.74. The predicted octanol–water partition coefficient (Wildman–Crippen LogP) is 5.93. The first-order valence-corrected chi connectivity index (χ1v) is 10.6. The zero-order chi connectivity index (χ0) is 20.2. The molecular formula is C22H15BrFN3OS. The van der Waals surface area contributed by atoms with Crippen molar-refractivity contribution < 1.29 is 9.18 Å². The quantitative estimate of drug-likeness (QED) is 0.369. The van der Waals surface area contributed by atoms with Crippen LogP contribution in [-0.2, 0) is 4.79 Å². The third-order valence-electron chi connectivity index (χ3n) is 4.24. The Hall–Kier alpha value is -2.77. The Labute approximate surface area is 179 Å². The number of hydrogen-bond donors (Lipinski definition) is 1. The Morgan fingerprint density at radius 3 is 2.34 bits per heavy atom. The highest BCUT2D eigenvalue weighted by Gasteiger charge is 2.13. The third-order valence-corrected chi connectivity index (χ3v) is 5.75. The van der Waals surface area contributed by atoms with E-state index < -0.39 is 0 Å². The van der Waals surface area contributed by atoms with E-state index in [9.17, 15) is 9.18 Å². The molecule has 29 heavy (non-hydrogen) atoms. The number of amides is 1. The molecule has 1 amide bonds. The fourth-order valence-electron chi connectivity index (χ4n) is 2.87. The molecule has 1 N–H and O–H groups in total. The van der Waals surface area contributed by atoms with E-state index in [4.69, 9.17) is 0 Å². The van der Waals surface area contributed by atoms with Gasteiger partial charge in [0.2, 0.25) is 5.91 Å². The molecule has 4 rings (SSSR count). The van der Waals surface area contributed by atoms with Crippen LogP contribution in [0.5, 0.6) is 0 Å². The smallest absolute Gasteiger partial charge is 0.234 e. The molecule has 0 spiro atoms. The van der Waals surface area contributed by atoms with E-state index >= 15 is 0 Å². The van der Waals surface area contributed by atoms with Gasteiger partial charge in [0.05, 0.1) is 5.75 Å². The second-order valence-electron chi connectivity index (χ2n) is 6.25. The maximum Gasteiger partial charge on any atom is 0.234 e. The van der Waals surface area contributed by atoms with Crippen LogP contribution in [0.15, 0.2) is 82.3 Å². The molecule has 3 aromatic carbocycles. The Morgan fingerprint density at radius 2 is 1.62 bits per heavy atom. The third kappa shape index (κ3) is 4.63. The minimum atomic E-state index is -0.296. The lowest BCUT2D eigenvalue weighted by Gasteiger charge is -2.09. The van der Waals surface area contributed by atoms with E-state index in [-0.39, 0.29) is 17.5 Å². The molecule has 0 aliphatic carbocycles. The van der Waals surface area contributed by atoms with Gasteiger partial charge < -0.3 is 5.32 Å². The maximum absolute atomic E-state index is 13.3. The number of nitrogens with zero attached hydrogens (tertiary/aromatic N) is 2. The van der Waals surface area contributed by atoms with Gasteiger partial charge in [-0.3, -0.25) is 4.79 Å². The summed E-state index contributed by atoms with van der Waals surface area (Å²) in [5, 5.41) is 14.0. The van der Waals surface area contributed by atoms with Crippen molar-refractivity contribution in [3.8, 4) is 11.3 Å². The minimum absolute atomic E-state index is 0.120. The summed E-state index contributed by atoms with van der Waals surface area (Å²) in [6.45, 7) is 0. The van der Waals surface area contributed by atoms with Crippen LogP contribution in [0.4, 0.5) is 10.1 Å². The normalized spacial score (nSPS) is 10.8. The van der Waals surface area contributed by atoms with Gasteiger partial charge in [-0.2, -0.15) is 0 Å². The summed E-state index contributed by atoms with van der Waals surface area (Å²) >= 11 is 4.70. The fourth-order valence-corrected chi connectivity index (χ4v) is 3.91. The average molecular weight is 468 g/mol. The monoisotopic (exact) mass is 467 g/mol. The molecule has 4 aromatic rings. The number of fused-ring (bicyclic) bond motifs is 1. The molecule has 0 aliphatic rings. The van der Waals surface area contributed by atoms with Crippen LogP contribution in [0, 0.1) is 5.82 Å². The van der Waals surface area contributed by atoms with Gasteiger partial charge in [-0.1, -0.05) is 52.0 Å². The van der Waals surface area contributed by atoms with Gasteiger partial charge in [0.15, 0.2) is 0 Å². The Kier molecular flexibility index (Phi) is 5.87. The summed E-state index contributed by atoms with van der Waals surface area (Å²) in [7, 11) is 0. The van der Waals surface area contributed by atoms with Crippen LogP contribution < -0.4 is 5.32 Å². The number of hydrogen-bond acceptors (Lipinski definition) is 4. The number of halogens is 2. The molecule has 0 radical (unpaired) electrons. The number of benzene rings is 3. The van der Waals surface area contributed by atoms with E-state index in [0.29, 0.717) is 10.7 Å². The van der Waals surface area contributed by atoms with E-state index in [1.807, 2.05) is 48.5 Å². The maximum atomic E-state index is 13.3. The van der Waals surface area contributed by atoms with Crippen molar-refractivity contribution in [1.82, 2.24) is 10.2 Å². The molecule has 4 nitrogen and oxygen atoms in total. The summed E-state index contributed by atoms with van der Waals surface area (Å²) in [5.74, 6) is -0.203. The first-order chi connectivity index (χ1) is 14.1. The standard InChI is InChI=1S/C22H15BrFN3OS/c23-15-7-11-17(12-8-15)25-20(28)13-29-22-19-4-2-1-3-18(19)21(26-27-22)14-5-9-16(24)10-6-14/h1-12H,13H2,(H,25,28). The van der Waals surface area contributed by atoms with Crippen LogP contribution in [0.25, 0.3) is 22.0 Å². The SMILES string of the molecule is O=C(CSc1nnc(-c2ccc(F)cc2)c2ccccc12)Nc1ccc(Br)cc1. The van der Waals surface area contributed by atoms with Gasteiger partial charge in [0.25, 0.3) is 0 Å². The fraction of sp³-hybridized carbons (Fsp3) is 0.0455. The van der Waals surface area contributed by atoms with Crippen molar-refractivity contribution in [2.24, 2.45) is 0 Å². The van der Waals surface area contributed by atoms with Gasteiger partial charge >= 0.3 is 0 Å². The van der Waals surface area contributed by atoms with Crippen molar-refractivity contribution in [1.29, 1.82) is 0 Å². The lowest BCUT2D eigenvalue weighted by molar-refractivity contribution is -0.113. The molecule has 0 atom stereocenters. The van der Waals surface area contributed by atoms with Gasteiger partial charge in [0.1, 0.15) is 16.5 Å². The minimum Gasteiger partial charge on any atom is -0.325 e. The first kappa shape index (κ1) is 19.5. The second-order valence-corrected chi connectivity index (χ2v) is 8.13. The summed E-state index contributed by atoms with van der Waals surface area (Å²) < 4.78 is 14.2. The molecule has 0 aliphatic heterocycles. The second kappa shape index (κ2) is 8.71. The highest BCUT2D eigenvalue weighted by molar-refractivity contribution is 9.10. The summed E-state index contributed by atoms with van der Waals surface area (Å²) in [6, 6.07) is 21.3. The topological polar surface area (TPSA) is 54.9 Å². The van der Waals surface area contributed by atoms with E-state index in [0.717, 1.165) is 26.5 Å². The molecule has 144 valence electrons. The van der Waals surface area contributed by atoms with Crippen molar-refractivity contribution in [3.63, 3.8) is 0 Å². The highest BCUT2D eigenvalue weighted by atomic mass is 79.9. The van der Waals surface area contributed by atoms with Crippen molar-refractivity contribution in [2.45, 2.75) is 5.03 Å². The molecule has 1 aromatic heterocycles. The molecule has 0 bridgehead atoms. The number of rotatable bonds is 5. The molecule has 0 saturated carbocycles. The van der Waals surface area contributed by atoms with Gasteiger partial charge in [0, 0.05) is 26.5 Å². The van der Waals surface area contributed by atoms with E-state index in [1.165, 1.54) is 23.9 Å². The molecule has 1 heterocycles. The summed E-state index contributed by atoms with van der Waals surface area (Å²) in [6.07, 6.45) is 0. The van der Waals surface area contributed by atoms with E-state index in [1.54, 1.807) is 12.1 Å². The first-order valence-electron chi connectivity index (χ1n) is 8.80. The van der Waals surface area contributed by atoms with Crippen LogP contribution in [-0.4, -0.2) is 21.9 Å². The van der Waals surface area contributed by atoms with Gasteiger partial charge in [-0.25, -0.2) is 4.39 Å². The van der Waals surface area contributed by atoms with Gasteiger partial charge in [-0.15, -0.1) is 10.2 Å². The Balaban J connectivity index is 1.55. The van der Waals surface area contributed by atoms with Crippen molar-refractivity contribution in [2.75, 3.05) is 11.1 Å². The van der Waals surface area contributed by atoms with Crippen LogP contribution in [0.1, 0.15) is 0 Å². The zero-order valence-corrected chi connectivity index (χ0v) is 17.5. The van der Waals surface area contributed by atoms with Crippen molar-refractivity contribution in [3.05, 3.63) is 83.1 Å². The van der Waals surface area contributed by atoms with Crippen LogP contribution in [0.3, 0.4) is 0 Å². The number of aromatic nitrogens is 2. The predicted molar refractivity (Wildman–Crippen MR) is 118 cm³/mol. The molecule has 0 unspecified atom stereocenters. The number of carbonyl (C=O) groups is 1. The number of carbonyl (C=O) groups excluding carboxylic acids is 1. The van der Waals surface area contributed by atoms with Gasteiger partial charge in [-0.05, 0) is 48.5 Å². The number of thioether (sulfide) groups is 1. The lowest BCUT2D eigenvalue weighted by Crippen LogP contribution is -2.14. The summed E-state index contributed by atoms with van der Waals surface area (Å²) in [5.41, 5.74) is 2.21. The molecule has 7 heteroatoms. The highest BCUT2D eigenvalue weighted by Crippen LogP contribution is 2.31. The Bertz CT molecular complexity index is 1170. The molecule has 0 fully saturated rings. The Morgan fingerprint density at radius 1 is 0.931 bits per heavy atom. The van der Waals surface area contributed by atoms with E-state index in [2.05, 4.69) is 31.4 Å². The number of nitrogens with one attached hydrogen (secondary N) is 1. The van der Waals surface area contributed by atoms with Crippen molar-refractivity contribution >= 4 is 50.1 Å². The molecule has 0 saturated heterocycles. The zero-order valence-electron chi connectivity index (χ0n) is 15.1. The summed E-state index contributed by atoms with van der Waals surface area (Å²) in [4.78, 5) is 12.3. The number of anilines is 1.